The summed E-state index contributed by atoms with van der Waals surface area (Å²) in [5, 5.41) is 0. The van der Waals surface area contributed by atoms with Gasteiger partial charge in [0, 0.05) is 12.5 Å². The van der Waals surface area contributed by atoms with Gasteiger partial charge in [-0.2, -0.15) is 0 Å². The number of hydrogen-bond acceptors (Lipinski definition) is 7. The zero-order chi connectivity index (χ0) is 19.6. The summed E-state index contributed by atoms with van der Waals surface area (Å²) in [5.41, 5.74) is 0.587. The van der Waals surface area contributed by atoms with Crippen LogP contribution in [0.1, 0.15) is 5.56 Å². The molecule has 0 radical (unpaired) electrons. The molecule has 2 aromatic rings. The van der Waals surface area contributed by atoms with Crippen LogP contribution < -0.4 is 0 Å². The predicted octanol–water partition coefficient (Wildman–Crippen LogP) is 1.44. The first kappa shape index (κ1) is 20.6. The van der Waals surface area contributed by atoms with Crippen LogP contribution in [0.4, 0.5) is 0 Å². The van der Waals surface area contributed by atoms with Crippen LogP contribution in [-0.2, 0) is 40.9 Å². The number of rotatable bonds is 7. The highest BCUT2D eigenvalue weighted by Gasteiger charge is 2.23. The van der Waals surface area contributed by atoms with Gasteiger partial charge in [-0.05, 0) is 29.8 Å². The molecule has 0 aliphatic rings. The van der Waals surface area contributed by atoms with Crippen LogP contribution in [0.5, 0.6) is 0 Å². The van der Waals surface area contributed by atoms with Crippen LogP contribution >= 0.6 is 0 Å². The maximum atomic E-state index is 12.4. The lowest BCUT2D eigenvalue weighted by Gasteiger charge is -2.10. The Kier molecular flexibility index (Phi) is 5.91. The van der Waals surface area contributed by atoms with E-state index in [9.17, 15) is 25.3 Å². The Morgan fingerprint density at radius 1 is 0.731 bits per heavy atom. The third-order valence-corrected chi connectivity index (χ3v) is 7.36. The van der Waals surface area contributed by atoms with E-state index in [1.165, 1.54) is 48.5 Å². The Labute approximate surface area is 153 Å². The van der Waals surface area contributed by atoms with Crippen molar-refractivity contribution in [2.24, 2.45) is 0 Å². The van der Waals surface area contributed by atoms with E-state index >= 15 is 0 Å². The van der Waals surface area contributed by atoms with Crippen LogP contribution in [0.25, 0.3) is 0 Å². The minimum Gasteiger partial charge on any atom is -0.360 e. The van der Waals surface area contributed by atoms with E-state index in [0.717, 1.165) is 12.5 Å². The van der Waals surface area contributed by atoms with Gasteiger partial charge in [0.15, 0.2) is 25.6 Å². The van der Waals surface area contributed by atoms with Crippen molar-refractivity contribution in [3.63, 3.8) is 0 Å². The molecule has 0 heterocycles. The normalized spacial score (nSPS) is 12.8. The van der Waals surface area contributed by atoms with Crippen molar-refractivity contribution >= 4 is 29.5 Å². The second-order valence-corrected chi connectivity index (χ2v) is 11.6. The predicted molar refractivity (Wildman–Crippen MR) is 95.9 cm³/mol. The Bertz CT molecular complexity index is 1100. The lowest BCUT2D eigenvalue weighted by Crippen LogP contribution is -2.14. The smallest absolute Gasteiger partial charge is 0.203 e. The van der Waals surface area contributed by atoms with E-state index in [4.69, 9.17) is 4.74 Å². The molecule has 0 N–H and O–H groups in total. The minimum absolute atomic E-state index is 0.0652. The van der Waals surface area contributed by atoms with Crippen molar-refractivity contribution < 1.29 is 30.0 Å². The Balaban J connectivity index is 2.13. The molecule has 0 aromatic heterocycles. The zero-order valence-electron chi connectivity index (χ0n) is 14.1. The van der Waals surface area contributed by atoms with Crippen molar-refractivity contribution in [3.8, 4) is 0 Å². The third-order valence-electron chi connectivity index (χ3n) is 3.44. The second-order valence-electron chi connectivity index (χ2n) is 5.72. The molecule has 2 rings (SSSR count). The summed E-state index contributed by atoms with van der Waals surface area (Å²) in [5.74, 6) is -0.701. The first-order valence-electron chi connectivity index (χ1n) is 7.30. The fraction of sp³-hybridized carbons (Fsp3) is 0.250. The highest BCUT2D eigenvalue weighted by Crippen LogP contribution is 2.22. The molecule has 10 heteroatoms. The third kappa shape index (κ3) is 5.13. The number of hydrogen-bond donors (Lipinski definition) is 0. The largest absolute Gasteiger partial charge is 0.360 e. The van der Waals surface area contributed by atoms with Crippen LogP contribution in [0, 0.1) is 0 Å². The molecule has 0 amide bonds. The maximum Gasteiger partial charge on any atom is 0.203 e. The van der Waals surface area contributed by atoms with Crippen molar-refractivity contribution in [3.05, 3.63) is 54.1 Å². The summed E-state index contributed by atoms with van der Waals surface area (Å²) < 4.78 is 76.3. The summed E-state index contributed by atoms with van der Waals surface area (Å²) >= 11 is 0. The van der Waals surface area contributed by atoms with E-state index in [2.05, 4.69) is 0 Å². The summed E-state index contributed by atoms with van der Waals surface area (Å²) in [6, 6.07) is 11.2. The first-order valence-corrected chi connectivity index (χ1v) is 12.7. The van der Waals surface area contributed by atoms with Gasteiger partial charge in [0.2, 0.25) is 9.84 Å². The summed E-state index contributed by atoms with van der Waals surface area (Å²) in [4.78, 5) is -0.438. The fourth-order valence-electron chi connectivity index (χ4n) is 2.18. The summed E-state index contributed by atoms with van der Waals surface area (Å²) in [6.45, 7) is -0.0652. The van der Waals surface area contributed by atoms with Gasteiger partial charge in [0.05, 0.1) is 21.3 Å². The SMILES string of the molecule is CS(=O)(=O)c1ccc(COCS(=O)(=O)c2ccccc2S(C)(=O)=O)cc1. The molecule has 0 aliphatic carbocycles. The van der Waals surface area contributed by atoms with E-state index in [1.807, 2.05) is 0 Å². The maximum absolute atomic E-state index is 12.4. The molecule has 0 spiro atoms. The molecule has 0 saturated carbocycles. The Hall–Kier alpha value is -1.75. The molecule has 0 aliphatic heterocycles. The van der Waals surface area contributed by atoms with Crippen LogP contribution in [-0.4, -0.2) is 43.7 Å². The molecule has 0 atom stereocenters. The van der Waals surface area contributed by atoms with Crippen molar-refractivity contribution in [2.75, 3.05) is 18.5 Å². The van der Waals surface area contributed by atoms with E-state index < -0.39 is 35.5 Å². The van der Waals surface area contributed by atoms with Gasteiger partial charge in [-0.15, -0.1) is 0 Å². The van der Waals surface area contributed by atoms with Crippen LogP contribution in [0.2, 0.25) is 0 Å². The van der Waals surface area contributed by atoms with Crippen molar-refractivity contribution in [2.45, 2.75) is 21.3 Å². The second kappa shape index (κ2) is 7.47. The molecule has 0 saturated heterocycles. The molecule has 142 valence electrons. The van der Waals surface area contributed by atoms with Gasteiger partial charge >= 0.3 is 0 Å². The van der Waals surface area contributed by atoms with Gasteiger partial charge < -0.3 is 4.74 Å². The quantitative estimate of drug-likeness (QED) is 0.669. The van der Waals surface area contributed by atoms with Gasteiger partial charge in [-0.1, -0.05) is 24.3 Å². The van der Waals surface area contributed by atoms with E-state index in [-0.39, 0.29) is 21.3 Å². The Morgan fingerprint density at radius 2 is 1.27 bits per heavy atom. The molecular formula is C16H18O7S3. The highest BCUT2D eigenvalue weighted by atomic mass is 32.2. The van der Waals surface area contributed by atoms with Crippen LogP contribution in [0.15, 0.2) is 63.2 Å². The van der Waals surface area contributed by atoms with Crippen molar-refractivity contribution in [1.29, 1.82) is 0 Å². The average Bonchev–Trinajstić information content (AvgIpc) is 2.53. The van der Waals surface area contributed by atoms with Crippen molar-refractivity contribution in [1.82, 2.24) is 0 Å². The standard InChI is InChI=1S/C16H18O7S3/c1-24(17,18)14-9-7-13(8-10-14)11-23-12-26(21,22)16-6-4-3-5-15(16)25(2,19)20/h3-10H,11-12H2,1-2H3. The number of ether oxygens (including phenoxy) is 1. The van der Waals surface area contributed by atoms with E-state index in [0.29, 0.717) is 5.56 Å². The number of sulfone groups is 3. The monoisotopic (exact) mass is 418 g/mol. The Morgan fingerprint density at radius 3 is 1.77 bits per heavy atom. The summed E-state index contributed by atoms with van der Waals surface area (Å²) in [7, 11) is -11.0. The lowest BCUT2D eigenvalue weighted by atomic mass is 10.2. The summed E-state index contributed by atoms with van der Waals surface area (Å²) in [6.07, 6.45) is 2.02. The van der Waals surface area contributed by atoms with Gasteiger partial charge in [0.1, 0.15) is 0 Å². The van der Waals surface area contributed by atoms with E-state index in [1.54, 1.807) is 0 Å². The molecule has 2 aromatic carbocycles. The minimum atomic E-state index is -3.97. The molecule has 7 nitrogen and oxygen atoms in total. The molecular weight excluding hydrogens is 400 g/mol. The van der Waals surface area contributed by atoms with Gasteiger partial charge in [-0.25, -0.2) is 25.3 Å². The topological polar surface area (TPSA) is 112 Å². The molecule has 0 fully saturated rings. The fourth-order valence-corrected chi connectivity index (χ4v) is 5.49. The molecule has 0 bridgehead atoms. The highest BCUT2D eigenvalue weighted by molar-refractivity contribution is 7.94. The first-order chi connectivity index (χ1) is 11.9. The zero-order valence-corrected chi connectivity index (χ0v) is 16.6. The number of benzene rings is 2. The van der Waals surface area contributed by atoms with Crippen LogP contribution in [0.3, 0.4) is 0 Å². The van der Waals surface area contributed by atoms with Gasteiger partial charge in [0.25, 0.3) is 0 Å². The lowest BCUT2D eigenvalue weighted by molar-refractivity contribution is 0.163. The molecule has 26 heavy (non-hydrogen) atoms. The molecule has 0 unspecified atom stereocenters. The van der Waals surface area contributed by atoms with Gasteiger partial charge in [-0.3, -0.25) is 0 Å². The average molecular weight is 419 g/mol.